The molecule has 12 heavy (non-hydrogen) atoms. The van der Waals surface area contributed by atoms with Crippen LogP contribution in [0, 0.1) is 13.8 Å². The maximum absolute atomic E-state index is 3.99. The molecule has 4 heteroatoms. The molecule has 2 aromatic rings. The van der Waals surface area contributed by atoms with E-state index in [9.17, 15) is 0 Å². The molecule has 2 rings (SSSR count). The Morgan fingerprint density at radius 3 is 2.67 bits per heavy atom. The molecule has 0 bridgehead atoms. The van der Waals surface area contributed by atoms with Crippen LogP contribution in [0.4, 0.5) is 0 Å². The maximum atomic E-state index is 3.99. The predicted molar refractivity (Wildman–Crippen MR) is 45.6 cm³/mol. The van der Waals surface area contributed by atoms with Crippen molar-refractivity contribution in [3.8, 4) is 11.4 Å². The van der Waals surface area contributed by atoms with E-state index < -0.39 is 0 Å². The molecule has 4 nitrogen and oxygen atoms in total. The summed E-state index contributed by atoms with van der Waals surface area (Å²) >= 11 is 0. The Hall–Kier alpha value is -1.58. The Bertz CT molecular complexity index is 372. The Morgan fingerprint density at radius 1 is 1.33 bits per heavy atom. The first-order valence-electron chi connectivity index (χ1n) is 3.80. The zero-order chi connectivity index (χ0) is 8.55. The summed E-state index contributed by atoms with van der Waals surface area (Å²) in [5.41, 5.74) is 4.24. The summed E-state index contributed by atoms with van der Waals surface area (Å²) in [7, 11) is 0. The normalized spacial score (nSPS) is 10.5. The van der Waals surface area contributed by atoms with Crippen LogP contribution in [0.5, 0.6) is 0 Å². The molecular weight excluding hydrogens is 152 g/mol. The average Bonchev–Trinajstić information content (AvgIpc) is 2.58. The first-order chi connectivity index (χ1) is 5.77. The van der Waals surface area contributed by atoms with E-state index in [1.807, 2.05) is 13.8 Å². The van der Waals surface area contributed by atoms with Crippen LogP contribution in [0.1, 0.15) is 11.3 Å². The summed E-state index contributed by atoms with van der Waals surface area (Å²) in [5.74, 6) is 0. The number of nitrogens with one attached hydrogen (secondary N) is 2. The number of nitrogens with zero attached hydrogens (tertiary/aromatic N) is 2. The molecule has 0 amide bonds. The highest BCUT2D eigenvalue weighted by Crippen LogP contribution is 2.19. The minimum absolute atomic E-state index is 0.862. The van der Waals surface area contributed by atoms with Crippen molar-refractivity contribution in [2.24, 2.45) is 0 Å². The van der Waals surface area contributed by atoms with E-state index in [1.54, 1.807) is 6.20 Å². The van der Waals surface area contributed by atoms with Crippen molar-refractivity contribution in [3.63, 3.8) is 0 Å². The molecule has 0 radical (unpaired) electrons. The van der Waals surface area contributed by atoms with E-state index in [0.717, 1.165) is 17.1 Å². The van der Waals surface area contributed by atoms with Crippen molar-refractivity contribution in [3.05, 3.63) is 23.5 Å². The SMILES string of the molecule is Cc1cc(C)c(-c2cn[nH]n2)[nH]1. The van der Waals surface area contributed by atoms with Gasteiger partial charge in [-0.3, -0.25) is 0 Å². The summed E-state index contributed by atoms with van der Waals surface area (Å²) in [5, 5.41) is 10.3. The lowest BCUT2D eigenvalue weighted by Crippen LogP contribution is -1.80. The van der Waals surface area contributed by atoms with Gasteiger partial charge < -0.3 is 4.98 Å². The molecule has 0 aliphatic carbocycles. The highest BCUT2D eigenvalue weighted by atomic mass is 15.3. The standard InChI is InChI=1S/C8H10N4/c1-5-3-6(2)10-8(5)7-4-9-12-11-7/h3-4,10H,1-2H3,(H,9,11,12). The lowest BCUT2D eigenvalue weighted by Gasteiger charge is -1.91. The van der Waals surface area contributed by atoms with Crippen LogP contribution in [0.15, 0.2) is 12.3 Å². The third-order valence-corrected chi connectivity index (χ3v) is 1.82. The molecule has 2 N–H and O–H groups in total. The zero-order valence-corrected chi connectivity index (χ0v) is 7.05. The lowest BCUT2D eigenvalue weighted by molar-refractivity contribution is 0.940. The van der Waals surface area contributed by atoms with Gasteiger partial charge in [-0.1, -0.05) is 0 Å². The van der Waals surface area contributed by atoms with E-state index in [1.165, 1.54) is 5.56 Å². The van der Waals surface area contributed by atoms with Crippen molar-refractivity contribution in [1.29, 1.82) is 0 Å². The Morgan fingerprint density at radius 2 is 2.17 bits per heavy atom. The second-order valence-electron chi connectivity index (χ2n) is 2.87. The molecule has 0 atom stereocenters. The highest BCUT2D eigenvalue weighted by molar-refractivity contribution is 5.58. The van der Waals surface area contributed by atoms with Crippen LogP contribution in [0.3, 0.4) is 0 Å². The fourth-order valence-corrected chi connectivity index (χ4v) is 1.32. The second-order valence-corrected chi connectivity index (χ2v) is 2.87. The smallest absolute Gasteiger partial charge is 0.129 e. The Kier molecular flexibility index (Phi) is 1.46. The van der Waals surface area contributed by atoms with Gasteiger partial charge in [0.2, 0.25) is 0 Å². The zero-order valence-electron chi connectivity index (χ0n) is 7.05. The number of rotatable bonds is 1. The number of aryl methyl sites for hydroxylation is 2. The van der Waals surface area contributed by atoms with Crippen molar-refractivity contribution >= 4 is 0 Å². The summed E-state index contributed by atoms with van der Waals surface area (Å²) in [6, 6.07) is 2.09. The molecule has 0 spiro atoms. The molecule has 0 fully saturated rings. The lowest BCUT2D eigenvalue weighted by atomic mass is 10.2. The number of hydrogen-bond acceptors (Lipinski definition) is 2. The van der Waals surface area contributed by atoms with Gasteiger partial charge in [-0.2, -0.15) is 15.4 Å². The first kappa shape index (κ1) is 7.09. The van der Waals surface area contributed by atoms with Gasteiger partial charge >= 0.3 is 0 Å². The van der Waals surface area contributed by atoms with Gasteiger partial charge in [-0.25, -0.2) is 0 Å². The van der Waals surface area contributed by atoms with Crippen molar-refractivity contribution in [2.75, 3.05) is 0 Å². The quantitative estimate of drug-likeness (QED) is 0.666. The molecule has 0 aromatic carbocycles. The summed E-state index contributed by atoms with van der Waals surface area (Å²) in [4.78, 5) is 3.22. The Balaban J connectivity index is 2.54. The van der Waals surface area contributed by atoms with Gasteiger partial charge in [0.25, 0.3) is 0 Å². The van der Waals surface area contributed by atoms with Gasteiger partial charge in [0.15, 0.2) is 0 Å². The van der Waals surface area contributed by atoms with Crippen molar-refractivity contribution in [1.82, 2.24) is 20.4 Å². The van der Waals surface area contributed by atoms with E-state index in [4.69, 9.17) is 0 Å². The van der Waals surface area contributed by atoms with Crippen LogP contribution in [0.2, 0.25) is 0 Å². The molecule has 2 heterocycles. The highest BCUT2D eigenvalue weighted by Gasteiger charge is 2.06. The number of aromatic nitrogens is 4. The molecule has 0 saturated heterocycles. The van der Waals surface area contributed by atoms with Crippen LogP contribution in [-0.2, 0) is 0 Å². The second kappa shape index (κ2) is 2.48. The number of aromatic amines is 2. The summed E-state index contributed by atoms with van der Waals surface area (Å²) in [6.45, 7) is 4.07. The van der Waals surface area contributed by atoms with Gasteiger partial charge in [-0.05, 0) is 25.5 Å². The monoisotopic (exact) mass is 162 g/mol. The minimum Gasteiger partial charge on any atom is -0.357 e. The largest absolute Gasteiger partial charge is 0.357 e. The van der Waals surface area contributed by atoms with E-state index in [-0.39, 0.29) is 0 Å². The molecule has 0 unspecified atom stereocenters. The van der Waals surface area contributed by atoms with Gasteiger partial charge in [-0.15, -0.1) is 0 Å². The topological polar surface area (TPSA) is 57.4 Å². The third-order valence-electron chi connectivity index (χ3n) is 1.82. The van der Waals surface area contributed by atoms with Crippen molar-refractivity contribution < 1.29 is 0 Å². The van der Waals surface area contributed by atoms with E-state index in [2.05, 4.69) is 26.5 Å². The van der Waals surface area contributed by atoms with Crippen molar-refractivity contribution in [2.45, 2.75) is 13.8 Å². The van der Waals surface area contributed by atoms with Gasteiger partial charge in [0.05, 0.1) is 11.9 Å². The van der Waals surface area contributed by atoms with Crippen LogP contribution in [-0.4, -0.2) is 20.4 Å². The summed E-state index contributed by atoms with van der Waals surface area (Å²) in [6.07, 6.45) is 1.71. The fraction of sp³-hybridized carbons (Fsp3) is 0.250. The number of hydrogen-bond donors (Lipinski definition) is 2. The van der Waals surface area contributed by atoms with Gasteiger partial charge in [0, 0.05) is 5.69 Å². The average molecular weight is 162 g/mol. The molecule has 62 valence electrons. The summed E-state index contributed by atoms with van der Waals surface area (Å²) < 4.78 is 0. The maximum Gasteiger partial charge on any atom is 0.129 e. The first-order valence-corrected chi connectivity index (χ1v) is 3.80. The minimum atomic E-state index is 0.862. The molecule has 0 saturated carbocycles. The fourth-order valence-electron chi connectivity index (χ4n) is 1.32. The molecule has 0 aliphatic rings. The van der Waals surface area contributed by atoms with Crippen LogP contribution < -0.4 is 0 Å². The van der Waals surface area contributed by atoms with Gasteiger partial charge in [0.1, 0.15) is 5.69 Å². The predicted octanol–water partition coefficient (Wildman–Crippen LogP) is 1.42. The van der Waals surface area contributed by atoms with Crippen LogP contribution in [0.25, 0.3) is 11.4 Å². The molecule has 2 aromatic heterocycles. The Labute approximate surface area is 70.0 Å². The third kappa shape index (κ3) is 1.01. The van der Waals surface area contributed by atoms with E-state index in [0.29, 0.717) is 0 Å². The van der Waals surface area contributed by atoms with E-state index >= 15 is 0 Å². The van der Waals surface area contributed by atoms with Crippen LogP contribution >= 0.6 is 0 Å². The molecule has 0 aliphatic heterocycles. The molecular formula is C8H10N4. The number of H-pyrrole nitrogens is 2.